The van der Waals surface area contributed by atoms with Gasteiger partial charge in [-0.25, -0.2) is 14.6 Å². The van der Waals surface area contributed by atoms with Crippen LogP contribution in [0.5, 0.6) is 0 Å². The molecule has 1 saturated heterocycles. The van der Waals surface area contributed by atoms with Gasteiger partial charge in [0.05, 0.1) is 18.4 Å². The van der Waals surface area contributed by atoms with E-state index in [1.54, 1.807) is 23.0 Å². The Kier molecular flexibility index (Phi) is 4.28. The van der Waals surface area contributed by atoms with Crippen LogP contribution in [-0.2, 0) is 22.7 Å². The lowest BCUT2D eigenvalue weighted by molar-refractivity contribution is -0.136. The standard InChI is InChI=1S/C22H18N8O3/c31-19-6-5-18(20(32)25-19)30-11-16-14(3-1-4-15(16)21(30)33)17-12-29(27-26-17)10-13-9-28-8-2-7-23-22(28)24-13/h1-4,7-9,12,18H,5-6,10-11H2,(H,25,31,32). The van der Waals surface area contributed by atoms with Crippen molar-refractivity contribution in [1.82, 2.24) is 39.6 Å². The lowest BCUT2D eigenvalue weighted by Gasteiger charge is -2.29. The van der Waals surface area contributed by atoms with Crippen molar-refractivity contribution in [1.29, 1.82) is 0 Å². The number of amides is 3. The number of imide groups is 1. The van der Waals surface area contributed by atoms with Gasteiger partial charge in [0.15, 0.2) is 0 Å². The monoisotopic (exact) mass is 442 g/mol. The number of imidazole rings is 1. The van der Waals surface area contributed by atoms with Gasteiger partial charge in [0.25, 0.3) is 5.91 Å². The molecule has 0 aliphatic carbocycles. The maximum atomic E-state index is 13.0. The second-order valence-corrected chi connectivity index (χ2v) is 8.09. The molecule has 11 nitrogen and oxygen atoms in total. The van der Waals surface area contributed by atoms with Crippen LogP contribution in [0.1, 0.15) is 34.5 Å². The number of fused-ring (bicyclic) bond motifs is 2. The molecule has 3 aromatic heterocycles. The quantitative estimate of drug-likeness (QED) is 0.463. The van der Waals surface area contributed by atoms with Crippen molar-refractivity contribution in [3.63, 3.8) is 0 Å². The summed E-state index contributed by atoms with van der Waals surface area (Å²) in [6, 6.07) is 6.62. The summed E-state index contributed by atoms with van der Waals surface area (Å²) < 4.78 is 3.53. The van der Waals surface area contributed by atoms with Crippen LogP contribution in [0.4, 0.5) is 0 Å². The molecule has 33 heavy (non-hydrogen) atoms. The Labute approximate surface area is 187 Å². The molecule has 0 bridgehead atoms. The molecule has 0 radical (unpaired) electrons. The predicted octanol–water partition coefficient (Wildman–Crippen LogP) is 0.797. The number of hydrogen-bond donors (Lipinski definition) is 1. The van der Waals surface area contributed by atoms with Crippen molar-refractivity contribution >= 4 is 23.5 Å². The van der Waals surface area contributed by atoms with Crippen LogP contribution < -0.4 is 5.32 Å². The Morgan fingerprint density at radius 3 is 2.82 bits per heavy atom. The van der Waals surface area contributed by atoms with Crippen molar-refractivity contribution in [2.45, 2.75) is 32.0 Å². The Morgan fingerprint density at radius 2 is 1.97 bits per heavy atom. The Morgan fingerprint density at radius 1 is 1.09 bits per heavy atom. The summed E-state index contributed by atoms with van der Waals surface area (Å²) in [7, 11) is 0. The number of piperidine rings is 1. The fourth-order valence-corrected chi connectivity index (χ4v) is 4.45. The predicted molar refractivity (Wildman–Crippen MR) is 114 cm³/mol. The van der Waals surface area contributed by atoms with E-state index < -0.39 is 11.9 Å². The van der Waals surface area contributed by atoms with E-state index in [-0.39, 0.29) is 24.8 Å². The van der Waals surface area contributed by atoms with Gasteiger partial charge in [0, 0.05) is 42.7 Å². The second-order valence-electron chi connectivity index (χ2n) is 8.09. The summed E-state index contributed by atoms with van der Waals surface area (Å²) in [6.45, 7) is 0.703. The minimum absolute atomic E-state index is 0.217. The van der Waals surface area contributed by atoms with E-state index in [4.69, 9.17) is 0 Å². The molecule has 2 aliphatic heterocycles. The van der Waals surface area contributed by atoms with E-state index in [1.165, 1.54) is 4.90 Å². The smallest absolute Gasteiger partial charge is 0.255 e. The van der Waals surface area contributed by atoms with Crippen LogP contribution in [0, 0.1) is 0 Å². The summed E-state index contributed by atoms with van der Waals surface area (Å²) in [5, 5.41) is 10.9. The average molecular weight is 442 g/mol. The number of aromatic nitrogens is 6. The van der Waals surface area contributed by atoms with Crippen molar-refractivity contribution in [3.05, 3.63) is 65.9 Å². The normalized spacial score (nSPS) is 18.1. The maximum absolute atomic E-state index is 13.0. The molecule has 6 rings (SSSR count). The van der Waals surface area contributed by atoms with Gasteiger partial charge in [-0.15, -0.1) is 5.10 Å². The summed E-state index contributed by atoms with van der Waals surface area (Å²) in [5.41, 5.74) is 3.56. The zero-order chi connectivity index (χ0) is 22.5. The number of benzene rings is 1. The molecule has 1 unspecified atom stereocenters. The van der Waals surface area contributed by atoms with Crippen LogP contribution in [0.3, 0.4) is 0 Å². The molecule has 1 fully saturated rings. The first-order chi connectivity index (χ1) is 16.1. The molecular weight excluding hydrogens is 424 g/mol. The third-order valence-corrected chi connectivity index (χ3v) is 6.01. The first kappa shape index (κ1) is 19.3. The molecule has 5 heterocycles. The number of nitrogens with one attached hydrogen (secondary N) is 1. The van der Waals surface area contributed by atoms with Gasteiger partial charge in [-0.2, -0.15) is 0 Å². The largest absolute Gasteiger partial charge is 0.322 e. The zero-order valence-electron chi connectivity index (χ0n) is 17.4. The molecule has 11 heteroatoms. The van der Waals surface area contributed by atoms with Gasteiger partial charge in [0.2, 0.25) is 17.6 Å². The summed E-state index contributed by atoms with van der Waals surface area (Å²) in [6.07, 6.45) is 7.81. The number of carbonyl (C=O) groups is 3. The number of rotatable bonds is 4. The van der Waals surface area contributed by atoms with E-state index in [9.17, 15) is 14.4 Å². The highest BCUT2D eigenvalue weighted by molar-refractivity contribution is 6.06. The van der Waals surface area contributed by atoms with Crippen molar-refractivity contribution in [3.8, 4) is 11.3 Å². The summed E-state index contributed by atoms with van der Waals surface area (Å²) in [5.74, 6) is -0.340. The van der Waals surface area contributed by atoms with E-state index in [1.807, 2.05) is 35.1 Å². The van der Waals surface area contributed by atoms with E-state index in [0.717, 1.165) is 16.8 Å². The minimum Gasteiger partial charge on any atom is -0.322 e. The minimum atomic E-state index is -0.658. The second kappa shape index (κ2) is 7.33. The van der Waals surface area contributed by atoms with E-state index >= 15 is 0 Å². The SMILES string of the molecule is O=C1CCC(N2Cc3c(cccc3-c3cn(Cc4cn5cccnc5n4)nn3)C2=O)C(=O)N1. The molecule has 3 amide bonds. The highest BCUT2D eigenvalue weighted by atomic mass is 16.2. The van der Waals surface area contributed by atoms with Crippen molar-refractivity contribution < 1.29 is 14.4 Å². The molecule has 1 aromatic carbocycles. The van der Waals surface area contributed by atoms with E-state index in [0.29, 0.717) is 30.0 Å². The average Bonchev–Trinajstić information content (AvgIpc) is 3.51. The Hall–Kier alpha value is -4.41. The zero-order valence-corrected chi connectivity index (χ0v) is 17.4. The van der Waals surface area contributed by atoms with Gasteiger partial charge in [-0.3, -0.25) is 24.1 Å². The number of nitrogens with zero attached hydrogens (tertiary/aromatic N) is 7. The highest BCUT2D eigenvalue weighted by Gasteiger charge is 2.40. The lowest BCUT2D eigenvalue weighted by Crippen LogP contribution is -2.52. The van der Waals surface area contributed by atoms with Gasteiger partial charge in [-0.1, -0.05) is 17.3 Å². The number of hydrogen-bond acceptors (Lipinski definition) is 7. The van der Waals surface area contributed by atoms with Gasteiger partial charge < -0.3 is 4.90 Å². The van der Waals surface area contributed by atoms with Crippen LogP contribution in [0.25, 0.3) is 17.0 Å². The Bertz CT molecular complexity index is 1410. The molecule has 1 atom stereocenters. The maximum Gasteiger partial charge on any atom is 0.255 e. The Balaban J connectivity index is 1.27. The lowest BCUT2D eigenvalue weighted by atomic mass is 10.0. The molecule has 2 aliphatic rings. The third kappa shape index (κ3) is 3.25. The highest BCUT2D eigenvalue weighted by Crippen LogP contribution is 2.34. The molecule has 1 N–H and O–H groups in total. The molecular formula is C22H18N8O3. The van der Waals surface area contributed by atoms with Crippen LogP contribution in [-0.4, -0.2) is 58.0 Å². The molecule has 0 spiro atoms. The van der Waals surface area contributed by atoms with Crippen molar-refractivity contribution in [2.24, 2.45) is 0 Å². The van der Waals surface area contributed by atoms with Crippen LogP contribution in [0.15, 0.2) is 49.1 Å². The van der Waals surface area contributed by atoms with Crippen LogP contribution >= 0.6 is 0 Å². The topological polar surface area (TPSA) is 127 Å². The summed E-state index contributed by atoms with van der Waals surface area (Å²) >= 11 is 0. The van der Waals surface area contributed by atoms with E-state index in [2.05, 4.69) is 25.6 Å². The fourth-order valence-electron chi connectivity index (χ4n) is 4.45. The molecule has 164 valence electrons. The van der Waals surface area contributed by atoms with Gasteiger partial charge in [0.1, 0.15) is 11.7 Å². The third-order valence-electron chi connectivity index (χ3n) is 6.01. The van der Waals surface area contributed by atoms with Crippen molar-refractivity contribution in [2.75, 3.05) is 0 Å². The first-order valence-electron chi connectivity index (χ1n) is 10.5. The van der Waals surface area contributed by atoms with Gasteiger partial charge in [-0.05, 0) is 24.1 Å². The molecule has 0 saturated carbocycles. The summed E-state index contributed by atoms with van der Waals surface area (Å²) in [4.78, 5) is 47.1. The van der Waals surface area contributed by atoms with Gasteiger partial charge >= 0.3 is 0 Å². The fraction of sp³-hybridized carbons (Fsp3) is 0.227. The molecule has 4 aromatic rings. The van der Waals surface area contributed by atoms with Crippen LogP contribution in [0.2, 0.25) is 0 Å². The first-order valence-corrected chi connectivity index (χ1v) is 10.5. The number of carbonyl (C=O) groups excluding carboxylic acids is 3.